The molecule has 0 radical (unpaired) electrons. The first-order chi connectivity index (χ1) is 7.59. The molecule has 0 saturated carbocycles. The Bertz CT molecular complexity index is 204. The van der Waals surface area contributed by atoms with Crippen LogP contribution in [-0.2, 0) is 4.74 Å². The third-order valence-corrected chi connectivity index (χ3v) is 4.04. The number of likely N-dealkylation sites (N-methyl/N-ethyl adjacent to an activating group) is 1. The van der Waals surface area contributed by atoms with Gasteiger partial charge in [0.15, 0.2) is 0 Å². The fourth-order valence-electron chi connectivity index (χ4n) is 2.86. The normalized spacial score (nSPS) is 31.3. The van der Waals surface area contributed by atoms with Crippen molar-refractivity contribution in [1.82, 2.24) is 4.90 Å². The molecule has 3 nitrogen and oxygen atoms in total. The fourth-order valence-corrected chi connectivity index (χ4v) is 2.86. The number of nitrogens with two attached hydrogens (primary N) is 1. The zero-order valence-electron chi connectivity index (χ0n) is 11.3. The molecule has 1 aliphatic heterocycles. The lowest BCUT2D eigenvalue weighted by atomic mass is 9.81. The van der Waals surface area contributed by atoms with Gasteiger partial charge in [-0.15, -0.1) is 0 Å². The van der Waals surface area contributed by atoms with Crippen LogP contribution in [0.1, 0.15) is 40.5 Å². The van der Waals surface area contributed by atoms with Crippen LogP contribution in [-0.4, -0.2) is 42.8 Å². The topological polar surface area (TPSA) is 38.5 Å². The molecule has 0 amide bonds. The Morgan fingerprint density at radius 3 is 2.44 bits per heavy atom. The Labute approximate surface area is 100 Å². The van der Waals surface area contributed by atoms with E-state index in [-0.39, 0.29) is 5.54 Å². The quantitative estimate of drug-likeness (QED) is 0.780. The van der Waals surface area contributed by atoms with E-state index >= 15 is 0 Å². The first kappa shape index (κ1) is 13.9. The molecule has 0 bridgehead atoms. The zero-order valence-corrected chi connectivity index (χ0v) is 11.3. The van der Waals surface area contributed by atoms with Crippen LogP contribution in [0.2, 0.25) is 0 Å². The molecule has 0 aliphatic carbocycles. The predicted octanol–water partition coefficient (Wildman–Crippen LogP) is 1.86. The molecule has 16 heavy (non-hydrogen) atoms. The average Bonchev–Trinajstić information content (AvgIpc) is 2.30. The van der Waals surface area contributed by atoms with Crippen LogP contribution in [0.25, 0.3) is 0 Å². The van der Waals surface area contributed by atoms with E-state index in [0.717, 1.165) is 39.1 Å². The minimum Gasteiger partial charge on any atom is -0.378 e. The van der Waals surface area contributed by atoms with Gasteiger partial charge >= 0.3 is 0 Å². The minimum atomic E-state index is 0.177. The van der Waals surface area contributed by atoms with E-state index in [2.05, 4.69) is 32.6 Å². The average molecular weight is 228 g/mol. The van der Waals surface area contributed by atoms with Crippen molar-refractivity contribution in [3.63, 3.8) is 0 Å². The van der Waals surface area contributed by atoms with Crippen LogP contribution < -0.4 is 5.73 Å². The number of hydrogen-bond acceptors (Lipinski definition) is 3. The smallest absolute Gasteiger partial charge is 0.0616 e. The van der Waals surface area contributed by atoms with Crippen molar-refractivity contribution in [2.75, 3.05) is 26.2 Å². The van der Waals surface area contributed by atoms with Gasteiger partial charge in [0.2, 0.25) is 0 Å². The largest absolute Gasteiger partial charge is 0.378 e. The molecular weight excluding hydrogens is 200 g/mol. The van der Waals surface area contributed by atoms with Gasteiger partial charge in [-0.1, -0.05) is 27.7 Å². The monoisotopic (exact) mass is 228 g/mol. The summed E-state index contributed by atoms with van der Waals surface area (Å²) >= 11 is 0. The first-order valence-corrected chi connectivity index (χ1v) is 6.66. The molecule has 0 spiro atoms. The maximum absolute atomic E-state index is 6.06. The summed E-state index contributed by atoms with van der Waals surface area (Å²) in [4.78, 5) is 2.52. The molecule has 2 unspecified atom stereocenters. The highest BCUT2D eigenvalue weighted by Crippen LogP contribution is 2.32. The van der Waals surface area contributed by atoms with E-state index < -0.39 is 0 Å². The van der Waals surface area contributed by atoms with Crippen LogP contribution in [0.4, 0.5) is 0 Å². The summed E-state index contributed by atoms with van der Waals surface area (Å²) in [6.45, 7) is 12.7. The van der Waals surface area contributed by atoms with Crippen molar-refractivity contribution in [1.29, 1.82) is 0 Å². The maximum Gasteiger partial charge on any atom is 0.0616 e. The maximum atomic E-state index is 6.06. The van der Waals surface area contributed by atoms with Gasteiger partial charge < -0.3 is 10.5 Å². The molecule has 0 aromatic heterocycles. The summed E-state index contributed by atoms with van der Waals surface area (Å²) < 4.78 is 5.85. The molecule has 96 valence electrons. The lowest BCUT2D eigenvalue weighted by molar-refractivity contribution is -0.0853. The van der Waals surface area contributed by atoms with Crippen molar-refractivity contribution in [3.05, 3.63) is 0 Å². The fraction of sp³-hybridized carbons (Fsp3) is 1.00. The van der Waals surface area contributed by atoms with E-state index in [4.69, 9.17) is 10.5 Å². The van der Waals surface area contributed by atoms with E-state index in [1.54, 1.807) is 0 Å². The lowest BCUT2D eigenvalue weighted by Gasteiger charge is -2.48. The molecule has 1 aliphatic rings. The van der Waals surface area contributed by atoms with Crippen molar-refractivity contribution in [2.24, 2.45) is 11.7 Å². The molecule has 2 atom stereocenters. The van der Waals surface area contributed by atoms with E-state index in [9.17, 15) is 0 Å². The molecule has 0 aromatic rings. The lowest BCUT2D eigenvalue weighted by Crippen LogP contribution is -2.59. The van der Waals surface area contributed by atoms with E-state index in [0.29, 0.717) is 12.0 Å². The second-order valence-corrected chi connectivity index (χ2v) is 5.21. The second-order valence-electron chi connectivity index (χ2n) is 5.21. The number of hydrogen-bond donors (Lipinski definition) is 1. The van der Waals surface area contributed by atoms with Crippen LogP contribution in [0.3, 0.4) is 0 Å². The standard InChI is InChI=1S/C13H28N2O/c1-5-15(6-2)13(10-14)7-8-16-12(9-13)11(3)4/h11-12H,5-10,14H2,1-4H3. The van der Waals surface area contributed by atoms with Gasteiger partial charge in [-0.2, -0.15) is 0 Å². The van der Waals surface area contributed by atoms with E-state index in [1.807, 2.05) is 0 Å². The van der Waals surface area contributed by atoms with Gasteiger partial charge in [0.1, 0.15) is 0 Å². The summed E-state index contributed by atoms with van der Waals surface area (Å²) in [5.74, 6) is 0.585. The van der Waals surface area contributed by atoms with Crippen molar-refractivity contribution < 1.29 is 4.74 Å². The Hall–Kier alpha value is -0.120. The van der Waals surface area contributed by atoms with Gasteiger partial charge in [0.25, 0.3) is 0 Å². The zero-order chi connectivity index (χ0) is 12.2. The Morgan fingerprint density at radius 1 is 1.38 bits per heavy atom. The third-order valence-electron chi connectivity index (χ3n) is 4.04. The molecular formula is C13H28N2O. The molecule has 2 N–H and O–H groups in total. The number of ether oxygens (including phenoxy) is 1. The molecule has 1 saturated heterocycles. The van der Waals surface area contributed by atoms with Gasteiger partial charge in [-0.3, -0.25) is 4.90 Å². The SMILES string of the molecule is CCN(CC)C1(CN)CCOC(C(C)C)C1. The predicted molar refractivity (Wildman–Crippen MR) is 68.5 cm³/mol. The molecule has 1 fully saturated rings. The van der Waals surface area contributed by atoms with Crippen LogP contribution >= 0.6 is 0 Å². The van der Waals surface area contributed by atoms with Crippen LogP contribution in [0.5, 0.6) is 0 Å². The number of rotatable bonds is 5. The van der Waals surface area contributed by atoms with Crippen molar-refractivity contribution in [2.45, 2.75) is 52.2 Å². The van der Waals surface area contributed by atoms with Gasteiger partial charge in [-0.05, 0) is 31.8 Å². The van der Waals surface area contributed by atoms with Crippen LogP contribution in [0, 0.1) is 5.92 Å². The first-order valence-electron chi connectivity index (χ1n) is 6.66. The highest BCUT2D eigenvalue weighted by molar-refractivity contribution is 4.96. The Kier molecular flexibility index (Phi) is 5.22. The van der Waals surface area contributed by atoms with Crippen molar-refractivity contribution in [3.8, 4) is 0 Å². The van der Waals surface area contributed by atoms with Gasteiger partial charge in [0, 0.05) is 18.7 Å². The summed E-state index contributed by atoms with van der Waals surface area (Å²) in [7, 11) is 0. The minimum absolute atomic E-state index is 0.177. The second kappa shape index (κ2) is 5.99. The Balaban J connectivity index is 2.77. The highest BCUT2D eigenvalue weighted by Gasteiger charge is 2.40. The summed E-state index contributed by atoms with van der Waals surface area (Å²) in [5.41, 5.74) is 6.23. The van der Waals surface area contributed by atoms with Crippen molar-refractivity contribution >= 4 is 0 Å². The Morgan fingerprint density at radius 2 is 2.00 bits per heavy atom. The number of nitrogens with zero attached hydrogens (tertiary/aromatic N) is 1. The highest BCUT2D eigenvalue weighted by atomic mass is 16.5. The van der Waals surface area contributed by atoms with E-state index in [1.165, 1.54) is 0 Å². The molecule has 0 aromatic carbocycles. The summed E-state index contributed by atoms with van der Waals surface area (Å²) in [6, 6.07) is 0. The van der Waals surface area contributed by atoms with Crippen LogP contribution in [0.15, 0.2) is 0 Å². The molecule has 1 heterocycles. The molecule has 1 rings (SSSR count). The summed E-state index contributed by atoms with van der Waals surface area (Å²) in [6.07, 6.45) is 2.54. The summed E-state index contributed by atoms with van der Waals surface area (Å²) in [5, 5.41) is 0. The van der Waals surface area contributed by atoms with Gasteiger partial charge in [-0.25, -0.2) is 0 Å². The third kappa shape index (κ3) is 2.76. The van der Waals surface area contributed by atoms with Gasteiger partial charge in [0.05, 0.1) is 6.10 Å². The molecule has 3 heteroatoms.